The molecule has 2 aliphatic heterocycles. The molecule has 2 aliphatic rings. The Morgan fingerprint density at radius 3 is 2.42 bits per heavy atom. The third kappa shape index (κ3) is 7.90. The quantitative estimate of drug-likeness (QED) is 0.384. The number of carbonyl (C=O) groups is 2. The van der Waals surface area contributed by atoms with Crippen LogP contribution in [0.2, 0.25) is 0 Å². The zero-order chi connectivity index (χ0) is 30.9. The number of aryl methyl sites for hydroxylation is 2. The molecule has 0 unspecified atom stereocenters. The van der Waals surface area contributed by atoms with Crippen LogP contribution >= 0.6 is 0 Å². The number of likely N-dealkylation sites (tertiary alicyclic amines) is 2. The molecule has 2 aromatic heterocycles. The van der Waals surface area contributed by atoms with Gasteiger partial charge in [0.1, 0.15) is 5.60 Å². The fourth-order valence-electron chi connectivity index (χ4n) is 5.16. The van der Waals surface area contributed by atoms with Crippen molar-refractivity contribution in [1.29, 1.82) is 0 Å². The monoisotopic (exact) mass is 589 g/mol. The maximum Gasteiger partial charge on any atom is 0.410 e. The van der Waals surface area contributed by atoms with Gasteiger partial charge in [-0.25, -0.2) is 14.8 Å². The highest BCUT2D eigenvalue weighted by Crippen LogP contribution is 2.27. The lowest BCUT2D eigenvalue weighted by molar-refractivity contribution is -0.157. The molecule has 1 N–H and O–H groups in total. The number of ether oxygens (including phenoxy) is 2. The number of carbonyl (C=O) groups excluding carboxylic acids is 2. The molecule has 43 heavy (non-hydrogen) atoms. The Morgan fingerprint density at radius 1 is 1.00 bits per heavy atom. The summed E-state index contributed by atoms with van der Waals surface area (Å²) in [6.45, 7) is 16.2. The standard InChI is InChI=1S/C32H43N7O4/c1-21-14-23(9-8-22(21)10-11-28(40)37-19-26(20-37)42-31(2,3)4)27-12-13-33-29(36-27)35-24-15-34-39(16-24)25-17-38(18-25)30(41)43-32(5,6)7/h8-9,12-16,25-26H,10-11,17-20H2,1-7H3,(H,33,35,36). The van der Waals surface area contributed by atoms with Gasteiger partial charge in [0.2, 0.25) is 11.9 Å². The number of aromatic nitrogens is 4. The molecule has 0 aliphatic carbocycles. The van der Waals surface area contributed by atoms with E-state index < -0.39 is 5.60 Å². The molecule has 11 nitrogen and oxygen atoms in total. The van der Waals surface area contributed by atoms with Crippen LogP contribution in [0.15, 0.2) is 42.9 Å². The summed E-state index contributed by atoms with van der Waals surface area (Å²) >= 11 is 0. The lowest BCUT2D eigenvalue weighted by atomic mass is 9.99. The first-order valence-corrected chi connectivity index (χ1v) is 14.9. The molecule has 0 radical (unpaired) electrons. The molecular weight excluding hydrogens is 546 g/mol. The third-order valence-corrected chi connectivity index (χ3v) is 7.37. The minimum Gasteiger partial charge on any atom is -0.444 e. The fourth-order valence-corrected chi connectivity index (χ4v) is 5.16. The van der Waals surface area contributed by atoms with E-state index in [0.717, 1.165) is 28.1 Å². The predicted molar refractivity (Wildman–Crippen MR) is 164 cm³/mol. The number of hydrogen-bond acceptors (Lipinski definition) is 8. The first-order chi connectivity index (χ1) is 20.2. The zero-order valence-corrected chi connectivity index (χ0v) is 26.3. The maximum absolute atomic E-state index is 12.7. The number of rotatable bonds is 8. The molecule has 0 spiro atoms. The summed E-state index contributed by atoms with van der Waals surface area (Å²) in [5, 5.41) is 7.70. The minimum atomic E-state index is -0.513. The van der Waals surface area contributed by atoms with Gasteiger partial charge < -0.3 is 24.6 Å². The number of amides is 2. The summed E-state index contributed by atoms with van der Waals surface area (Å²) in [6.07, 6.45) is 6.36. The molecule has 3 aromatic rings. The summed E-state index contributed by atoms with van der Waals surface area (Å²) in [5.41, 5.74) is 4.12. The fraction of sp³-hybridized carbons (Fsp3) is 0.531. The molecular formula is C32H43N7O4. The summed E-state index contributed by atoms with van der Waals surface area (Å²) in [5.74, 6) is 0.640. The number of hydrogen-bond donors (Lipinski definition) is 1. The largest absolute Gasteiger partial charge is 0.444 e. The van der Waals surface area contributed by atoms with Gasteiger partial charge in [0.15, 0.2) is 0 Å². The first-order valence-electron chi connectivity index (χ1n) is 14.9. The van der Waals surface area contributed by atoms with Crippen LogP contribution in [0.5, 0.6) is 0 Å². The van der Waals surface area contributed by atoms with Gasteiger partial charge in [0.05, 0.1) is 35.3 Å². The smallest absolute Gasteiger partial charge is 0.410 e. The average molecular weight is 590 g/mol. The molecule has 5 rings (SSSR count). The lowest BCUT2D eigenvalue weighted by Crippen LogP contribution is -2.56. The van der Waals surface area contributed by atoms with Gasteiger partial charge in [0.25, 0.3) is 0 Å². The van der Waals surface area contributed by atoms with Gasteiger partial charge in [-0.15, -0.1) is 0 Å². The lowest BCUT2D eigenvalue weighted by Gasteiger charge is -2.42. The van der Waals surface area contributed by atoms with Gasteiger partial charge in [-0.05, 0) is 78.1 Å². The molecule has 2 saturated heterocycles. The summed E-state index contributed by atoms with van der Waals surface area (Å²) in [6, 6.07) is 8.20. The van der Waals surface area contributed by atoms with Crippen molar-refractivity contribution in [2.45, 2.75) is 84.7 Å². The van der Waals surface area contributed by atoms with E-state index in [2.05, 4.69) is 34.5 Å². The van der Waals surface area contributed by atoms with Crippen molar-refractivity contribution in [2.24, 2.45) is 0 Å². The van der Waals surface area contributed by atoms with Gasteiger partial charge in [-0.2, -0.15) is 5.10 Å². The Labute approximate surface area is 253 Å². The zero-order valence-electron chi connectivity index (χ0n) is 26.3. The molecule has 4 heterocycles. The van der Waals surface area contributed by atoms with Crippen molar-refractivity contribution in [1.82, 2.24) is 29.5 Å². The second-order valence-corrected chi connectivity index (χ2v) is 13.4. The van der Waals surface area contributed by atoms with Crippen LogP contribution < -0.4 is 5.32 Å². The van der Waals surface area contributed by atoms with Gasteiger partial charge in [0, 0.05) is 50.6 Å². The maximum atomic E-state index is 12.7. The van der Waals surface area contributed by atoms with Crippen molar-refractivity contribution >= 4 is 23.6 Å². The second kappa shape index (κ2) is 11.9. The molecule has 0 atom stereocenters. The second-order valence-electron chi connectivity index (χ2n) is 13.4. The van der Waals surface area contributed by atoms with Gasteiger partial charge in [-0.3, -0.25) is 9.48 Å². The molecule has 2 amide bonds. The van der Waals surface area contributed by atoms with Crippen LogP contribution in [0.4, 0.5) is 16.4 Å². The first kappa shape index (κ1) is 30.5. The van der Waals surface area contributed by atoms with E-state index in [1.165, 1.54) is 0 Å². The number of nitrogens with zero attached hydrogens (tertiary/aromatic N) is 6. The van der Waals surface area contributed by atoms with E-state index >= 15 is 0 Å². The van der Waals surface area contributed by atoms with Crippen LogP contribution in [0, 0.1) is 6.92 Å². The normalized spacial score (nSPS) is 16.1. The average Bonchev–Trinajstić information content (AvgIpc) is 3.30. The number of anilines is 2. The van der Waals surface area contributed by atoms with Crippen molar-refractivity contribution in [3.05, 3.63) is 54.0 Å². The predicted octanol–water partition coefficient (Wildman–Crippen LogP) is 5.14. The number of benzene rings is 1. The summed E-state index contributed by atoms with van der Waals surface area (Å²) in [4.78, 5) is 37.5. The van der Waals surface area contributed by atoms with Gasteiger partial charge >= 0.3 is 6.09 Å². The van der Waals surface area contributed by atoms with Crippen LogP contribution in [0.3, 0.4) is 0 Å². The Bertz CT molecular complexity index is 1460. The van der Waals surface area contributed by atoms with E-state index in [1.54, 1.807) is 17.3 Å². The highest BCUT2D eigenvalue weighted by atomic mass is 16.6. The van der Waals surface area contributed by atoms with Crippen molar-refractivity contribution in [2.75, 3.05) is 31.5 Å². The van der Waals surface area contributed by atoms with Crippen molar-refractivity contribution in [3.63, 3.8) is 0 Å². The van der Waals surface area contributed by atoms with Crippen molar-refractivity contribution in [3.8, 4) is 11.3 Å². The summed E-state index contributed by atoms with van der Waals surface area (Å²) < 4.78 is 13.2. The van der Waals surface area contributed by atoms with Gasteiger partial charge in [-0.1, -0.05) is 12.1 Å². The Kier molecular flexibility index (Phi) is 8.47. The van der Waals surface area contributed by atoms with Crippen LogP contribution in [-0.4, -0.2) is 85.0 Å². The van der Waals surface area contributed by atoms with Crippen LogP contribution in [0.1, 0.15) is 65.1 Å². The molecule has 0 bridgehead atoms. The molecule has 11 heteroatoms. The Balaban J connectivity index is 1.13. The topological polar surface area (TPSA) is 115 Å². The van der Waals surface area contributed by atoms with Crippen molar-refractivity contribution < 1.29 is 19.1 Å². The Hall–Kier alpha value is -3.99. The van der Waals surface area contributed by atoms with Crippen LogP contribution in [-0.2, 0) is 20.7 Å². The third-order valence-electron chi connectivity index (χ3n) is 7.37. The SMILES string of the molecule is Cc1cc(-c2ccnc(Nc3cnn(C4CN(C(=O)OC(C)(C)C)C4)c3)n2)ccc1CCC(=O)N1CC(OC(C)(C)C)C1. The van der Waals surface area contributed by atoms with Crippen LogP contribution in [0.25, 0.3) is 11.3 Å². The molecule has 2 fully saturated rings. The van der Waals surface area contributed by atoms with E-state index in [4.69, 9.17) is 14.5 Å². The highest BCUT2D eigenvalue weighted by molar-refractivity contribution is 5.77. The minimum absolute atomic E-state index is 0.0948. The van der Waals surface area contributed by atoms with E-state index in [1.807, 2.05) is 69.5 Å². The molecule has 1 aromatic carbocycles. The van der Waals surface area contributed by atoms with E-state index in [9.17, 15) is 9.59 Å². The van der Waals surface area contributed by atoms with E-state index in [-0.39, 0.29) is 29.7 Å². The number of nitrogens with one attached hydrogen (secondary N) is 1. The Morgan fingerprint density at radius 2 is 1.74 bits per heavy atom. The summed E-state index contributed by atoms with van der Waals surface area (Å²) in [7, 11) is 0. The molecule has 0 saturated carbocycles. The molecule has 230 valence electrons. The highest BCUT2D eigenvalue weighted by Gasteiger charge is 2.35. The van der Waals surface area contributed by atoms with E-state index in [0.29, 0.717) is 45.0 Å².